The van der Waals surface area contributed by atoms with E-state index >= 15 is 0 Å². The van der Waals surface area contributed by atoms with E-state index in [1.165, 1.54) is 6.42 Å². The number of halogens is 1. The summed E-state index contributed by atoms with van der Waals surface area (Å²) >= 11 is 4.97. The lowest BCUT2D eigenvalue weighted by atomic mass is 9.93. The van der Waals surface area contributed by atoms with Gasteiger partial charge in [0.1, 0.15) is 10.2 Å². The van der Waals surface area contributed by atoms with Crippen LogP contribution < -0.4 is 0 Å². The number of aromatic nitrogens is 1. The van der Waals surface area contributed by atoms with Gasteiger partial charge in [-0.1, -0.05) is 13.3 Å². The highest BCUT2D eigenvalue weighted by Gasteiger charge is 2.34. The first-order chi connectivity index (χ1) is 7.12. The minimum absolute atomic E-state index is 0.634. The van der Waals surface area contributed by atoms with Crippen molar-refractivity contribution in [2.45, 2.75) is 44.6 Å². The van der Waals surface area contributed by atoms with Crippen LogP contribution in [0.1, 0.15) is 43.9 Å². The first kappa shape index (κ1) is 11.6. The summed E-state index contributed by atoms with van der Waals surface area (Å²) in [5.74, 6) is 0.741. The Morgan fingerprint density at radius 3 is 3.00 bits per heavy atom. The monoisotopic (exact) mass is 289 g/mol. The lowest BCUT2D eigenvalue weighted by Crippen LogP contribution is -2.24. The molecule has 2 rings (SSSR count). The molecule has 2 nitrogen and oxygen atoms in total. The molecule has 84 valence electrons. The topological polar surface area (TPSA) is 33.1 Å². The van der Waals surface area contributed by atoms with Gasteiger partial charge in [0.25, 0.3) is 0 Å². The van der Waals surface area contributed by atoms with Crippen molar-refractivity contribution < 1.29 is 5.11 Å². The normalized spacial score (nSPS) is 32.6. The summed E-state index contributed by atoms with van der Waals surface area (Å²) in [6.07, 6.45) is 5.20. The fourth-order valence-electron chi connectivity index (χ4n) is 2.26. The van der Waals surface area contributed by atoms with Crippen molar-refractivity contribution in [1.82, 2.24) is 4.98 Å². The minimum atomic E-state index is -0.634. The highest BCUT2D eigenvalue weighted by atomic mass is 79.9. The van der Waals surface area contributed by atoms with E-state index < -0.39 is 5.60 Å². The molecule has 15 heavy (non-hydrogen) atoms. The average Bonchev–Trinajstić information content (AvgIpc) is 2.55. The Morgan fingerprint density at radius 2 is 2.33 bits per heavy atom. The van der Waals surface area contributed by atoms with Gasteiger partial charge >= 0.3 is 0 Å². The van der Waals surface area contributed by atoms with Crippen LogP contribution in [0.15, 0.2) is 10.1 Å². The molecular weight excluding hydrogens is 274 g/mol. The Hall–Kier alpha value is 0.0700. The van der Waals surface area contributed by atoms with E-state index in [1.807, 2.05) is 0 Å². The number of aliphatic hydroxyl groups is 1. The van der Waals surface area contributed by atoms with Crippen molar-refractivity contribution in [2.24, 2.45) is 5.92 Å². The van der Waals surface area contributed by atoms with Gasteiger partial charge in [0, 0.05) is 0 Å². The van der Waals surface area contributed by atoms with Gasteiger partial charge in [-0.2, -0.15) is 0 Å². The fraction of sp³-hybridized carbons (Fsp3) is 0.727. The molecule has 1 aromatic heterocycles. The van der Waals surface area contributed by atoms with Crippen LogP contribution in [0.3, 0.4) is 0 Å². The minimum Gasteiger partial charge on any atom is -0.384 e. The first-order valence-electron chi connectivity index (χ1n) is 5.44. The van der Waals surface area contributed by atoms with Crippen molar-refractivity contribution in [2.75, 3.05) is 0 Å². The number of rotatable bonds is 1. The van der Waals surface area contributed by atoms with E-state index in [1.54, 1.807) is 16.8 Å². The zero-order valence-corrected chi connectivity index (χ0v) is 11.3. The van der Waals surface area contributed by atoms with Crippen molar-refractivity contribution >= 4 is 27.3 Å². The molecule has 0 aromatic carbocycles. The molecule has 0 amide bonds. The number of thiazole rings is 1. The molecule has 2 atom stereocenters. The van der Waals surface area contributed by atoms with Crippen molar-refractivity contribution in [3.05, 3.63) is 15.0 Å². The van der Waals surface area contributed by atoms with Gasteiger partial charge < -0.3 is 5.11 Å². The van der Waals surface area contributed by atoms with Crippen LogP contribution in [0.5, 0.6) is 0 Å². The van der Waals surface area contributed by atoms with Gasteiger partial charge in [-0.05, 0) is 47.5 Å². The standard InChI is InChI=1S/C11H16BrNOS/c1-8-3-2-5-11(14,6-4-8)9-10(12)13-7-15-9/h7-8,14H,2-6H2,1H3. The third kappa shape index (κ3) is 2.43. The second-order valence-electron chi connectivity index (χ2n) is 4.54. The van der Waals surface area contributed by atoms with Crippen LogP contribution in [0.4, 0.5) is 0 Å². The van der Waals surface area contributed by atoms with Crippen LogP contribution in [0, 0.1) is 5.92 Å². The predicted molar refractivity (Wildman–Crippen MR) is 66.0 cm³/mol. The summed E-state index contributed by atoms with van der Waals surface area (Å²) in [6.45, 7) is 2.27. The quantitative estimate of drug-likeness (QED) is 0.800. The lowest BCUT2D eigenvalue weighted by molar-refractivity contribution is 0.0226. The van der Waals surface area contributed by atoms with Gasteiger partial charge in [-0.3, -0.25) is 0 Å². The zero-order chi connectivity index (χ0) is 10.9. The summed E-state index contributed by atoms with van der Waals surface area (Å²) in [5, 5.41) is 10.7. The van der Waals surface area contributed by atoms with Gasteiger partial charge in [0.2, 0.25) is 0 Å². The molecule has 0 aliphatic heterocycles. The van der Waals surface area contributed by atoms with Crippen molar-refractivity contribution in [1.29, 1.82) is 0 Å². The molecule has 4 heteroatoms. The molecule has 0 saturated heterocycles. The number of nitrogens with zero attached hydrogens (tertiary/aromatic N) is 1. The summed E-state index contributed by atoms with van der Waals surface area (Å²) in [6, 6.07) is 0. The maximum absolute atomic E-state index is 10.7. The van der Waals surface area contributed by atoms with Crippen LogP contribution >= 0.6 is 27.3 Å². The van der Waals surface area contributed by atoms with E-state index in [9.17, 15) is 5.11 Å². The molecule has 1 aliphatic rings. The van der Waals surface area contributed by atoms with Gasteiger partial charge in [0.15, 0.2) is 0 Å². The fourth-order valence-corrected chi connectivity index (χ4v) is 3.98. The molecular formula is C11H16BrNOS. The Balaban J connectivity index is 2.22. The highest BCUT2D eigenvalue weighted by Crippen LogP contribution is 2.42. The van der Waals surface area contributed by atoms with E-state index in [2.05, 4.69) is 27.8 Å². The molecule has 1 aliphatic carbocycles. The zero-order valence-electron chi connectivity index (χ0n) is 8.87. The third-order valence-corrected chi connectivity index (χ3v) is 5.17. The molecule has 1 heterocycles. The molecule has 0 bridgehead atoms. The third-order valence-electron chi connectivity index (χ3n) is 3.28. The first-order valence-corrected chi connectivity index (χ1v) is 7.11. The van der Waals surface area contributed by atoms with E-state index in [0.717, 1.165) is 41.1 Å². The average molecular weight is 290 g/mol. The molecule has 1 N–H and O–H groups in total. The highest BCUT2D eigenvalue weighted by molar-refractivity contribution is 9.10. The maximum atomic E-state index is 10.7. The molecule has 1 fully saturated rings. The summed E-state index contributed by atoms with van der Waals surface area (Å²) in [7, 11) is 0. The Labute approximate surface area is 103 Å². The van der Waals surface area contributed by atoms with Crippen molar-refractivity contribution in [3.8, 4) is 0 Å². The Morgan fingerprint density at radius 1 is 1.53 bits per heavy atom. The van der Waals surface area contributed by atoms with Gasteiger partial charge in [-0.15, -0.1) is 11.3 Å². The van der Waals surface area contributed by atoms with E-state index in [-0.39, 0.29) is 0 Å². The molecule has 1 saturated carbocycles. The molecule has 2 unspecified atom stereocenters. The van der Waals surface area contributed by atoms with Crippen molar-refractivity contribution in [3.63, 3.8) is 0 Å². The second kappa shape index (κ2) is 4.52. The predicted octanol–water partition coefficient (Wildman–Crippen LogP) is 3.69. The summed E-state index contributed by atoms with van der Waals surface area (Å²) < 4.78 is 0.824. The summed E-state index contributed by atoms with van der Waals surface area (Å²) in [4.78, 5) is 5.17. The molecule has 0 radical (unpaired) electrons. The molecule has 0 spiro atoms. The lowest BCUT2D eigenvalue weighted by Gasteiger charge is -2.25. The second-order valence-corrected chi connectivity index (χ2v) is 6.15. The van der Waals surface area contributed by atoms with Crippen LogP contribution in [0.25, 0.3) is 0 Å². The molecule has 1 aromatic rings. The smallest absolute Gasteiger partial charge is 0.123 e. The van der Waals surface area contributed by atoms with Gasteiger partial charge in [0.05, 0.1) is 10.4 Å². The maximum Gasteiger partial charge on any atom is 0.123 e. The van der Waals surface area contributed by atoms with Gasteiger partial charge in [-0.25, -0.2) is 4.98 Å². The Kier molecular flexibility index (Phi) is 3.48. The largest absolute Gasteiger partial charge is 0.384 e. The SMILES string of the molecule is CC1CCCC(O)(c2scnc2Br)CC1. The van der Waals surface area contributed by atoms with E-state index in [0.29, 0.717) is 0 Å². The van der Waals surface area contributed by atoms with Crippen LogP contribution in [0.2, 0.25) is 0 Å². The number of hydrogen-bond donors (Lipinski definition) is 1. The van der Waals surface area contributed by atoms with E-state index in [4.69, 9.17) is 0 Å². The summed E-state index contributed by atoms with van der Waals surface area (Å²) in [5.41, 5.74) is 1.16. The van der Waals surface area contributed by atoms with Crippen LogP contribution in [-0.4, -0.2) is 10.1 Å². The van der Waals surface area contributed by atoms with Crippen LogP contribution in [-0.2, 0) is 5.60 Å². The number of hydrogen-bond acceptors (Lipinski definition) is 3. The Bertz CT molecular complexity index is 341.